The summed E-state index contributed by atoms with van der Waals surface area (Å²) in [5.41, 5.74) is 7.77. The van der Waals surface area contributed by atoms with Crippen LogP contribution in [0.15, 0.2) is 34.9 Å². The largest absolute Gasteiger partial charge is 0.360 e. The molecule has 0 aliphatic rings. The number of rotatable bonds is 5. The number of benzene rings is 1. The van der Waals surface area contributed by atoms with Crippen molar-refractivity contribution in [1.82, 2.24) is 10.1 Å². The standard InChI is InChI=1S/C16H20N4O3.ClH/c1-10-4-6-12(7-5-10)15(17)16(22)20(3)9-14(21)18-13-8-11(2)23-19-13;/h4-8,15H,9,17H2,1-3H3,(H,18,19,21);1H. The second kappa shape index (κ2) is 8.47. The number of hydrogen-bond donors (Lipinski definition) is 2. The van der Waals surface area contributed by atoms with Crippen molar-refractivity contribution in [2.75, 3.05) is 18.9 Å². The Morgan fingerprint density at radius 3 is 2.46 bits per heavy atom. The van der Waals surface area contributed by atoms with Gasteiger partial charge in [0.15, 0.2) is 5.82 Å². The maximum Gasteiger partial charge on any atom is 0.245 e. The molecule has 8 heteroatoms. The first-order chi connectivity index (χ1) is 10.9. The summed E-state index contributed by atoms with van der Waals surface area (Å²) in [6.07, 6.45) is 0. The molecule has 0 radical (unpaired) electrons. The van der Waals surface area contributed by atoms with Crippen molar-refractivity contribution >= 4 is 30.0 Å². The molecule has 0 spiro atoms. The topological polar surface area (TPSA) is 101 Å². The van der Waals surface area contributed by atoms with E-state index < -0.39 is 6.04 Å². The fraction of sp³-hybridized carbons (Fsp3) is 0.312. The molecular formula is C16H21ClN4O3. The van der Waals surface area contributed by atoms with E-state index in [0.29, 0.717) is 17.1 Å². The molecule has 24 heavy (non-hydrogen) atoms. The number of aromatic nitrogens is 1. The first-order valence-corrected chi connectivity index (χ1v) is 7.17. The van der Waals surface area contributed by atoms with Crippen LogP contribution >= 0.6 is 12.4 Å². The van der Waals surface area contributed by atoms with E-state index in [4.69, 9.17) is 10.3 Å². The lowest BCUT2D eigenvalue weighted by Gasteiger charge is -2.21. The van der Waals surface area contributed by atoms with Gasteiger partial charge in [-0.25, -0.2) is 0 Å². The number of nitrogens with one attached hydrogen (secondary N) is 1. The first kappa shape index (κ1) is 19.7. The predicted octanol–water partition coefficient (Wildman–Crippen LogP) is 1.81. The zero-order valence-electron chi connectivity index (χ0n) is 13.8. The van der Waals surface area contributed by atoms with E-state index in [2.05, 4.69) is 10.5 Å². The number of anilines is 1. The number of nitrogens with two attached hydrogens (primary N) is 1. The molecule has 1 unspecified atom stereocenters. The molecule has 1 aromatic carbocycles. The Balaban J connectivity index is 0.00000288. The maximum atomic E-state index is 12.3. The lowest BCUT2D eigenvalue weighted by atomic mass is 10.0. The highest BCUT2D eigenvalue weighted by molar-refractivity contribution is 5.94. The molecule has 0 fully saturated rings. The molecule has 0 aliphatic heterocycles. The summed E-state index contributed by atoms with van der Waals surface area (Å²) < 4.78 is 4.86. The van der Waals surface area contributed by atoms with E-state index >= 15 is 0 Å². The predicted molar refractivity (Wildman–Crippen MR) is 92.9 cm³/mol. The minimum atomic E-state index is -0.803. The van der Waals surface area contributed by atoms with Crippen LogP contribution in [0.4, 0.5) is 5.82 Å². The van der Waals surface area contributed by atoms with Crippen LogP contribution in [0.5, 0.6) is 0 Å². The van der Waals surface area contributed by atoms with E-state index in [0.717, 1.165) is 5.56 Å². The molecule has 2 aromatic rings. The second-order valence-electron chi connectivity index (χ2n) is 5.45. The summed E-state index contributed by atoms with van der Waals surface area (Å²) in [4.78, 5) is 25.5. The van der Waals surface area contributed by atoms with Crippen molar-refractivity contribution in [2.24, 2.45) is 5.73 Å². The summed E-state index contributed by atoms with van der Waals surface area (Å²) in [6, 6.07) is 8.19. The molecule has 0 aliphatic carbocycles. The second-order valence-corrected chi connectivity index (χ2v) is 5.45. The van der Waals surface area contributed by atoms with Crippen LogP contribution in [0.1, 0.15) is 22.9 Å². The normalized spacial score (nSPS) is 11.3. The molecule has 1 aromatic heterocycles. The van der Waals surface area contributed by atoms with E-state index in [1.54, 1.807) is 13.0 Å². The molecular weight excluding hydrogens is 332 g/mol. The quantitative estimate of drug-likeness (QED) is 0.854. The molecule has 0 saturated heterocycles. The number of amides is 2. The number of halogens is 1. The van der Waals surface area contributed by atoms with Gasteiger partial charge in [0.05, 0.1) is 6.54 Å². The molecule has 1 heterocycles. The van der Waals surface area contributed by atoms with Crippen LogP contribution < -0.4 is 11.1 Å². The Hall–Kier alpha value is -2.38. The zero-order chi connectivity index (χ0) is 17.0. The fourth-order valence-corrected chi connectivity index (χ4v) is 2.05. The number of carbonyl (C=O) groups excluding carboxylic acids is 2. The smallest absolute Gasteiger partial charge is 0.245 e. The van der Waals surface area contributed by atoms with E-state index in [1.807, 2.05) is 31.2 Å². The third kappa shape index (κ3) is 5.07. The third-order valence-corrected chi connectivity index (χ3v) is 3.35. The van der Waals surface area contributed by atoms with E-state index in [-0.39, 0.29) is 30.8 Å². The van der Waals surface area contributed by atoms with Crippen molar-refractivity contribution in [1.29, 1.82) is 0 Å². The van der Waals surface area contributed by atoms with E-state index in [9.17, 15) is 9.59 Å². The van der Waals surface area contributed by atoms with Gasteiger partial charge in [-0.15, -0.1) is 12.4 Å². The van der Waals surface area contributed by atoms with Crippen LogP contribution in [0.25, 0.3) is 0 Å². The van der Waals surface area contributed by atoms with Crippen LogP contribution in [0.3, 0.4) is 0 Å². The minimum Gasteiger partial charge on any atom is -0.360 e. The van der Waals surface area contributed by atoms with Crippen molar-refractivity contribution < 1.29 is 14.1 Å². The average molecular weight is 353 g/mol. The molecule has 7 nitrogen and oxygen atoms in total. The number of hydrogen-bond acceptors (Lipinski definition) is 5. The van der Waals surface area contributed by atoms with Crippen molar-refractivity contribution in [3.63, 3.8) is 0 Å². The van der Waals surface area contributed by atoms with Crippen LogP contribution in [-0.2, 0) is 9.59 Å². The number of carbonyl (C=O) groups is 2. The average Bonchev–Trinajstić information content (AvgIpc) is 2.91. The summed E-state index contributed by atoms with van der Waals surface area (Å²) in [5.74, 6) is 0.202. The van der Waals surface area contributed by atoms with Crippen LogP contribution in [0, 0.1) is 13.8 Å². The van der Waals surface area contributed by atoms with Crippen molar-refractivity contribution in [3.05, 3.63) is 47.2 Å². The van der Waals surface area contributed by atoms with Crippen LogP contribution in [-0.4, -0.2) is 35.5 Å². The van der Waals surface area contributed by atoms with Gasteiger partial charge in [-0.2, -0.15) is 0 Å². The van der Waals surface area contributed by atoms with Crippen LogP contribution in [0.2, 0.25) is 0 Å². The number of aryl methyl sites for hydroxylation is 2. The van der Waals surface area contributed by atoms with Gasteiger partial charge >= 0.3 is 0 Å². The zero-order valence-corrected chi connectivity index (χ0v) is 14.6. The summed E-state index contributed by atoms with van der Waals surface area (Å²) in [5, 5.41) is 6.22. The van der Waals surface area contributed by atoms with Gasteiger partial charge in [0.25, 0.3) is 0 Å². The van der Waals surface area contributed by atoms with E-state index in [1.165, 1.54) is 11.9 Å². The third-order valence-electron chi connectivity index (χ3n) is 3.35. The van der Waals surface area contributed by atoms with Gasteiger partial charge in [-0.1, -0.05) is 35.0 Å². The van der Waals surface area contributed by atoms with Gasteiger partial charge in [-0.05, 0) is 19.4 Å². The van der Waals surface area contributed by atoms with Crippen molar-refractivity contribution in [2.45, 2.75) is 19.9 Å². The minimum absolute atomic E-state index is 0. The molecule has 0 saturated carbocycles. The molecule has 2 amide bonds. The summed E-state index contributed by atoms with van der Waals surface area (Å²) in [7, 11) is 1.53. The summed E-state index contributed by atoms with van der Waals surface area (Å²) >= 11 is 0. The molecule has 1 atom stereocenters. The molecule has 3 N–H and O–H groups in total. The van der Waals surface area contributed by atoms with Gasteiger partial charge in [0, 0.05) is 13.1 Å². The van der Waals surface area contributed by atoms with Gasteiger partial charge in [0.1, 0.15) is 11.8 Å². The maximum absolute atomic E-state index is 12.3. The highest BCUT2D eigenvalue weighted by atomic mass is 35.5. The van der Waals surface area contributed by atoms with Gasteiger partial charge < -0.3 is 20.5 Å². The lowest BCUT2D eigenvalue weighted by Crippen LogP contribution is -2.40. The molecule has 2 rings (SSSR count). The monoisotopic (exact) mass is 352 g/mol. The highest BCUT2D eigenvalue weighted by Gasteiger charge is 2.21. The summed E-state index contributed by atoms with van der Waals surface area (Å²) in [6.45, 7) is 3.56. The van der Waals surface area contributed by atoms with Crippen molar-refractivity contribution in [3.8, 4) is 0 Å². The molecule has 0 bridgehead atoms. The Morgan fingerprint density at radius 2 is 1.92 bits per heavy atom. The first-order valence-electron chi connectivity index (χ1n) is 7.17. The number of likely N-dealkylation sites (N-methyl/N-ethyl adjacent to an activating group) is 1. The van der Waals surface area contributed by atoms with Gasteiger partial charge in [-0.3, -0.25) is 9.59 Å². The Morgan fingerprint density at radius 1 is 1.29 bits per heavy atom. The Labute approximate surface area is 146 Å². The fourth-order valence-electron chi connectivity index (χ4n) is 2.05. The highest BCUT2D eigenvalue weighted by Crippen LogP contribution is 2.14. The Kier molecular flexibility index (Phi) is 6.94. The molecule has 130 valence electrons. The lowest BCUT2D eigenvalue weighted by molar-refractivity contribution is -0.134. The number of nitrogens with zero attached hydrogens (tertiary/aromatic N) is 2. The van der Waals surface area contributed by atoms with Gasteiger partial charge in [0.2, 0.25) is 11.8 Å². The Bertz CT molecular complexity index is 700. The SMILES string of the molecule is Cc1ccc(C(N)C(=O)N(C)CC(=O)Nc2cc(C)on2)cc1.Cl.